The Kier molecular flexibility index (Phi) is 7.10. The Bertz CT molecular complexity index is 1050. The zero-order chi connectivity index (χ0) is 21.3. The number of H-pyrrole nitrogens is 1. The Balaban J connectivity index is 1.96. The summed E-state index contributed by atoms with van der Waals surface area (Å²) in [5.74, 6) is 0.257. The van der Waals surface area contributed by atoms with Gasteiger partial charge in [0.05, 0.1) is 23.3 Å². The summed E-state index contributed by atoms with van der Waals surface area (Å²) in [5.41, 5.74) is 4.25. The lowest BCUT2D eigenvalue weighted by Crippen LogP contribution is -2.01. The number of halogens is 1. The van der Waals surface area contributed by atoms with Crippen LogP contribution in [0.3, 0.4) is 0 Å². The van der Waals surface area contributed by atoms with Gasteiger partial charge in [-0.25, -0.2) is 14.4 Å². The monoisotopic (exact) mass is 404 g/mol. The molecule has 0 amide bonds. The minimum absolute atomic E-state index is 0.0339. The molecule has 0 fully saturated rings. The number of anilines is 2. The van der Waals surface area contributed by atoms with Crippen molar-refractivity contribution in [1.29, 1.82) is 0 Å². The third-order valence-corrected chi connectivity index (χ3v) is 4.60. The van der Waals surface area contributed by atoms with Gasteiger partial charge in [0.15, 0.2) is 0 Å². The standard InChI is InChI=1S/C23H25FN6/c1-4-17(18-7-6-8-20(24)14-18)13-19(9-11-25-5-2)21-10-12-26-23(28-21)29-22-15-27-30-16(22)3/h5-15,17,25H,2,4H2,1,3H3,(H,27,30)(H,26,28,29)/b11-9-,19-13+. The van der Waals surface area contributed by atoms with Gasteiger partial charge in [-0.2, -0.15) is 5.10 Å². The van der Waals surface area contributed by atoms with E-state index in [1.165, 1.54) is 6.07 Å². The quantitative estimate of drug-likeness (QED) is 0.427. The van der Waals surface area contributed by atoms with Crippen molar-refractivity contribution in [3.05, 3.63) is 96.6 Å². The molecular weight excluding hydrogens is 379 g/mol. The first-order chi connectivity index (χ1) is 14.6. The molecule has 0 bridgehead atoms. The number of aryl methyl sites for hydroxylation is 1. The lowest BCUT2D eigenvalue weighted by molar-refractivity contribution is 0.623. The second kappa shape index (κ2) is 10.2. The summed E-state index contributed by atoms with van der Waals surface area (Å²) >= 11 is 0. The summed E-state index contributed by atoms with van der Waals surface area (Å²) in [7, 11) is 0. The first kappa shape index (κ1) is 21.0. The van der Waals surface area contributed by atoms with Crippen molar-refractivity contribution >= 4 is 17.2 Å². The number of nitrogens with zero attached hydrogens (tertiary/aromatic N) is 3. The molecule has 0 spiro atoms. The summed E-state index contributed by atoms with van der Waals surface area (Å²) in [6.07, 6.45) is 11.6. The predicted molar refractivity (Wildman–Crippen MR) is 119 cm³/mol. The molecule has 0 aliphatic rings. The third-order valence-electron chi connectivity index (χ3n) is 4.60. The highest BCUT2D eigenvalue weighted by molar-refractivity contribution is 5.73. The van der Waals surface area contributed by atoms with Gasteiger partial charge in [0.25, 0.3) is 0 Å². The largest absolute Gasteiger partial charge is 0.368 e. The van der Waals surface area contributed by atoms with Crippen LogP contribution in [0.2, 0.25) is 0 Å². The van der Waals surface area contributed by atoms with E-state index in [2.05, 4.69) is 50.4 Å². The third kappa shape index (κ3) is 5.41. The molecule has 1 unspecified atom stereocenters. The Morgan fingerprint density at radius 2 is 2.20 bits per heavy atom. The first-order valence-corrected chi connectivity index (χ1v) is 9.72. The molecule has 3 N–H and O–H groups in total. The van der Waals surface area contributed by atoms with Crippen molar-refractivity contribution in [1.82, 2.24) is 25.5 Å². The highest BCUT2D eigenvalue weighted by atomic mass is 19.1. The number of allylic oxidation sites excluding steroid dienone is 3. The Morgan fingerprint density at radius 1 is 1.33 bits per heavy atom. The van der Waals surface area contributed by atoms with Gasteiger partial charge in [0, 0.05) is 18.3 Å². The van der Waals surface area contributed by atoms with E-state index < -0.39 is 0 Å². The molecule has 1 aromatic carbocycles. The number of hydrogen-bond acceptors (Lipinski definition) is 5. The lowest BCUT2D eigenvalue weighted by Gasteiger charge is -2.14. The minimum atomic E-state index is -0.242. The molecule has 30 heavy (non-hydrogen) atoms. The van der Waals surface area contributed by atoms with Gasteiger partial charge in [-0.1, -0.05) is 31.7 Å². The van der Waals surface area contributed by atoms with Crippen molar-refractivity contribution in [2.45, 2.75) is 26.2 Å². The van der Waals surface area contributed by atoms with Crippen molar-refractivity contribution < 1.29 is 4.39 Å². The fourth-order valence-electron chi connectivity index (χ4n) is 3.01. The fraction of sp³-hybridized carbons (Fsp3) is 0.174. The minimum Gasteiger partial charge on any atom is -0.368 e. The van der Waals surface area contributed by atoms with Gasteiger partial charge >= 0.3 is 0 Å². The van der Waals surface area contributed by atoms with Crippen LogP contribution in [-0.2, 0) is 0 Å². The summed E-state index contributed by atoms with van der Waals surface area (Å²) in [6, 6.07) is 8.54. The first-order valence-electron chi connectivity index (χ1n) is 9.72. The van der Waals surface area contributed by atoms with Crippen molar-refractivity contribution in [3.63, 3.8) is 0 Å². The molecule has 1 atom stereocenters. The molecule has 2 heterocycles. The number of aromatic nitrogens is 4. The maximum absolute atomic E-state index is 13.7. The van der Waals surface area contributed by atoms with Crippen molar-refractivity contribution in [2.24, 2.45) is 0 Å². The van der Waals surface area contributed by atoms with Gasteiger partial charge < -0.3 is 10.6 Å². The smallest absolute Gasteiger partial charge is 0.227 e. The van der Waals surface area contributed by atoms with Crippen LogP contribution < -0.4 is 10.6 Å². The molecular formula is C23H25FN6. The van der Waals surface area contributed by atoms with Gasteiger partial charge in [0.1, 0.15) is 5.82 Å². The molecule has 3 aromatic rings. The average Bonchev–Trinajstić information content (AvgIpc) is 3.15. The second-order valence-electron chi connectivity index (χ2n) is 6.70. The van der Waals surface area contributed by atoms with Crippen LogP contribution in [0.15, 0.2) is 73.9 Å². The van der Waals surface area contributed by atoms with Gasteiger partial charge in [-0.15, -0.1) is 0 Å². The molecule has 3 rings (SSSR count). The van der Waals surface area contributed by atoms with Crippen LogP contribution in [0.25, 0.3) is 5.57 Å². The molecule has 0 radical (unpaired) electrons. The predicted octanol–water partition coefficient (Wildman–Crippen LogP) is 5.21. The molecule has 6 nitrogen and oxygen atoms in total. The molecule has 2 aromatic heterocycles. The Morgan fingerprint density at radius 3 is 2.90 bits per heavy atom. The van der Waals surface area contributed by atoms with Crippen molar-refractivity contribution in [3.8, 4) is 0 Å². The molecule has 0 saturated carbocycles. The molecule has 154 valence electrons. The normalized spacial score (nSPS) is 12.7. The van der Waals surface area contributed by atoms with Gasteiger partial charge in [-0.05, 0) is 55.0 Å². The maximum Gasteiger partial charge on any atom is 0.227 e. The fourth-order valence-corrected chi connectivity index (χ4v) is 3.01. The second-order valence-corrected chi connectivity index (χ2v) is 6.70. The molecule has 7 heteroatoms. The van der Waals surface area contributed by atoms with E-state index >= 15 is 0 Å². The van der Waals surface area contributed by atoms with Crippen LogP contribution in [0.4, 0.5) is 16.0 Å². The molecule has 0 aliphatic heterocycles. The van der Waals surface area contributed by atoms with Crippen LogP contribution in [-0.4, -0.2) is 20.2 Å². The number of aromatic amines is 1. The number of nitrogens with one attached hydrogen (secondary N) is 3. The van der Waals surface area contributed by atoms with E-state index in [0.717, 1.165) is 34.6 Å². The maximum atomic E-state index is 13.7. The summed E-state index contributed by atoms with van der Waals surface area (Å²) < 4.78 is 13.7. The number of hydrogen-bond donors (Lipinski definition) is 3. The highest BCUT2D eigenvalue weighted by Crippen LogP contribution is 2.27. The van der Waals surface area contributed by atoms with Crippen LogP contribution >= 0.6 is 0 Å². The van der Waals surface area contributed by atoms with Crippen LogP contribution in [0.5, 0.6) is 0 Å². The summed E-state index contributed by atoms with van der Waals surface area (Å²) in [6.45, 7) is 7.65. The van der Waals surface area contributed by atoms with Crippen LogP contribution in [0, 0.1) is 12.7 Å². The van der Waals surface area contributed by atoms with E-state index in [4.69, 9.17) is 0 Å². The zero-order valence-corrected chi connectivity index (χ0v) is 17.1. The zero-order valence-electron chi connectivity index (χ0n) is 17.1. The van der Waals surface area contributed by atoms with Gasteiger partial charge in [0.2, 0.25) is 5.95 Å². The summed E-state index contributed by atoms with van der Waals surface area (Å²) in [4.78, 5) is 8.96. The van der Waals surface area contributed by atoms with E-state index in [9.17, 15) is 4.39 Å². The van der Waals surface area contributed by atoms with E-state index in [1.54, 1.807) is 36.9 Å². The Hall–Kier alpha value is -3.74. The summed E-state index contributed by atoms with van der Waals surface area (Å²) in [5, 5.41) is 13.0. The average molecular weight is 404 g/mol. The number of benzene rings is 1. The van der Waals surface area contributed by atoms with Gasteiger partial charge in [-0.3, -0.25) is 5.10 Å². The van der Waals surface area contributed by atoms with E-state index in [1.807, 2.05) is 25.1 Å². The number of rotatable bonds is 9. The van der Waals surface area contributed by atoms with E-state index in [0.29, 0.717) is 5.95 Å². The van der Waals surface area contributed by atoms with E-state index in [-0.39, 0.29) is 11.7 Å². The topological polar surface area (TPSA) is 78.5 Å². The Labute approximate surface area is 175 Å². The van der Waals surface area contributed by atoms with Crippen molar-refractivity contribution in [2.75, 3.05) is 5.32 Å². The van der Waals surface area contributed by atoms with Crippen LogP contribution in [0.1, 0.15) is 36.2 Å². The highest BCUT2D eigenvalue weighted by Gasteiger charge is 2.11. The molecule has 0 aliphatic carbocycles. The SMILES string of the molecule is C=CN/C=C\C(=C/C(CC)c1cccc(F)c1)c1ccnc(Nc2cn[nH]c2C)n1. The molecule has 0 saturated heterocycles. The lowest BCUT2D eigenvalue weighted by atomic mass is 9.93.